The summed E-state index contributed by atoms with van der Waals surface area (Å²) in [6.45, 7) is 8.14. The summed E-state index contributed by atoms with van der Waals surface area (Å²) in [6.07, 6.45) is 0.851. The molecular formula is C30H34NO7-. The summed E-state index contributed by atoms with van der Waals surface area (Å²) in [6, 6.07) is 15.6. The zero-order valence-corrected chi connectivity index (χ0v) is 22.4. The van der Waals surface area contributed by atoms with Gasteiger partial charge in [0.15, 0.2) is 5.60 Å². The van der Waals surface area contributed by atoms with Crippen LogP contribution in [-0.2, 0) is 23.9 Å². The van der Waals surface area contributed by atoms with Gasteiger partial charge in [-0.15, -0.1) is 0 Å². The van der Waals surface area contributed by atoms with Crippen LogP contribution in [0.2, 0.25) is 0 Å². The standard InChI is InChI=1S/C30H35NO7/c1-19-24(16-17-29(4,5)25(19)18-37-20(2)32)30(28(35)36,38-21(3)33)26(22-12-8-6-9-13-22)31-27(34)23-14-10-7-11-15-23/h6-15,24,26H,16-18H2,1-5H3,(H,31,34)(H,35,36)/p-1/t24?,26-,30?/m0/s1. The predicted octanol–water partition coefficient (Wildman–Crippen LogP) is 3.53. The summed E-state index contributed by atoms with van der Waals surface area (Å²) in [5.74, 6) is -4.34. The highest BCUT2D eigenvalue weighted by Crippen LogP contribution is 2.50. The Labute approximate surface area is 223 Å². The maximum absolute atomic E-state index is 13.4. The second kappa shape index (κ2) is 11.6. The van der Waals surface area contributed by atoms with Crippen LogP contribution >= 0.6 is 0 Å². The first-order valence-electron chi connectivity index (χ1n) is 12.6. The molecule has 2 unspecified atom stereocenters. The van der Waals surface area contributed by atoms with E-state index in [1.807, 2.05) is 13.8 Å². The van der Waals surface area contributed by atoms with Crippen LogP contribution in [0.3, 0.4) is 0 Å². The monoisotopic (exact) mass is 520 g/mol. The summed E-state index contributed by atoms with van der Waals surface area (Å²) in [5, 5.41) is 16.1. The highest BCUT2D eigenvalue weighted by molar-refractivity contribution is 5.95. The first-order chi connectivity index (χ1) is 17.9. The number of esters is 2. The molecule has 2 aromatic carbocycles. The minimum Gasteiger partial charge on any atom is -0.546 e. The Kier molecular flexibility index (Phi) is 8.76. The van der Waals surface area contributed by atoms with Crippen LogP contribution in [0.4, 0.5) is 0 Å². The highest BCUT2D eigenvalue weighted by atomic mass is 16.6. The number of carboxylic acid groups (broad SMARTS) is 1. The molecule has 0 saturated heterocycles. The Balaban J connectivity index is 2.26. The zero-order chi connectivity index (χ0) is 28.1. The van der Waals surface area contributed by atoms with E-state index in [4.69, 9.17) is 9.47 Å². The van der Waals surface area contributed by atoms with Gasteiger partial charge in [-0.2, -0.15) is 0 Å². The van der Waals surface area contributed by atoms with Crippen molar-refractivity contribution in [3.05, 3.63) is 82.9 Å². The number of aliphatic carboxylic acids is 1. The largest absolute Gasteiger partial charge is 0.546 e. The minimum atomic E-state index is -2.29. The number of nitrogens with one attached hydrogen (secondary N) is 1. The maximum atomic E-state index is 13.4. The Morgan fingerprint density at radius 1 is 1.00 bits per heavy atom. The summed E-state index contributed by atoms with van der Waals surface area (Å²) in [7, 11) is 0. The average Bonchev–Trinajstić information content (AvgIpc) is 2.86. The molecule has 8 nitrogen and oxygen atoms in total. The van der Waals surface area contributed by atoms with E-state index in [1.54, 1.807) is 67.6 Å². The maximum Gasteiger partial charge on any atom is 0.303 e. The first kappa shape index (κ1) is 28.6. The second-order valence-corrected chi connectivity index (χ2v) is 10.3. The van der Waals surface area contributed by atoms with Crippen molar-refractivity contribution in [3.63, 3.8) is 0 Å². The van der Waals surface area contributed by atoms with E-state index in [9.17, 15) is 24.3 Å². The topological polar surface area (TPSA) is 122 Å². The molecule has 1 amide bonds. The molecular weight excluding hydrogens is 486 g/mol. The number of ether oxygens (including phenoxy) is 2. The van der Waals surface area contributed by atoms with Crippen molar-refractivity contribution in [3.8, 4) is 0 Å². The van der Waals surface area contributed by atoms with Gasteiger partial charge in [0.25, 0.3) is 5.91 Å². The number of carbonyl (C=O) groups excluding carboxylic acids is 4. The number of benzene rings is 2. The lowest BCUT2D eigenvalue weighted by molar-refractivity contribution is -0.331. The number of amides is 1. The summed E-state index contributed by atoms with van der Waals surface area (Å²) < 4.78 is 11.1. The number of carbonyl (C=O) groups is 4. The van der Waals surface area contributed by atoms with Crippen LogP contribution in [0, 0.1) is 11.3 Å². The van der Waals surface area contributed by atoms with Crippen molar-refractivity contribution in [2.75, 3.05) is 6.61 Å². The van der Waals surface area contributed by atoms with Gasteiger partial charge in [0, 0.05) is 25.3 Å². The van der Waals surface area contributed by atoms with Gasteiger partial charge >= 0.3 is 11.9 Å². The lowest BCUT2D eigenvalue weighted by Gasteiger charge is -2.50. The number of hydrogen-bond donors (Lipinski definition) is 1. The van der Waals surface area contributed by atoms with Gasteiger partial charge in [0.2, 0.25) is 0 Å². The molecule has 0 saturated carbocycles. The molecule has 1 aliphatic carbocycles. The van der Waals surface area contributed by atoms with Gasteiger partial charge in [0.1, 0.15) is 12.6 Å². The molecule has 2 aromatic rings. The van der Waals surface area contributed by atoms with Gasteiger partial charge in [-0.05, 0) is 48.4 Å². The fourth-order valence-corrected chi connectivity index (χ4v) is 5.39. The third-order valence-electron chi connectivity index (χ3n) is 7.32. The number of rotatable bonds is 9. The molecule has 3 atom stereocenters. The predicted molar refractivity (Wildman–Crippen MR) is 138 cm³/mol. The molecule has 202 valence electrons. The smallest absolute Gasteiger partial charge is 0.303 e. The first-order valence-corrected chi connectivity index (χ1v) is 12.6. The highest BCUT2D eigenvalue weighted by Gasteiger charge is 2.54. The summed E-state index contributed by atoms with van der Waals surface area (Å²) in [4.78, 5) is 50.7. The summed E-state index contributed by atoms with van der Waals surface area (Å²) in [5.41, 5.74) is -0.595. The van der Waals surface area contributed by atoms with Crippen molar-refractivity contribution >= 4 is 23.8 Å². The van der Waals surface area contributed by atoms with Gasteiger partial charge in [-0.1, -0.05) is 68.0 Å². The van der Waals surface area contributed by atoms with Crippen LogP contribution in [-0.4, -0.2) is 36.0 Å². The molecule has 0 aliphatic heterocycles. The van der Waals surface area contributed by atoms with E-state index in [0.717, 1.165) is 12.5 Å². The molecule has 3 rings (SSSR count). The molecule has 0 spiro atoms. The Morgan fingerprint density at radius 3 is 2.11 bits per heavy atom. The van der Waals surface area contributed by atoms with E-state index in [-0.39, 0.29) is 6.61 Å². The third kappa shape index (κ3) is 5.96. The number of carboxylic acids is 1. The lowest BCUT2D eigenvalue weighted by atomic mass is 9.62. The summed E-state index contributed by atoms with van der Waals surface area (Å²) >= 11 is 0. The Bertz CT molecular complexity index is 1220. The zero-order valence-electron chi connectivity index (χ0n) is 22.4. The molecule has 0 aromatic heterocycles. The molecule has 0 radical (unpaired) electrons. The van der Waals surface area contributed by atoms with Gasteiger partial charge in [0.05, 0.1) is 5.97 Å². The van der Waals surface area contributed by atoms with E-state index in [0.29, 0.717) is 29.5 Å². The Hall–Kier alpha value is -3.94. The van der Waals surface area contributed by atoms with Crippen molar-refractivity contribution in [2.45, 2.75) is 59.1 Å². The van der Waals surface area contributed by atoms with Crippen molar-refractivity contribution < 1.29 is 33.8 Å². The molecule has 38 heavy (non-hydrogen) atoms. The fraction of sp³-hybridized carbons (Fsp3) is 0.400. The van der Waals surface area contributed by atoms with Crippen molar-refractivity contribution in [2.24, 2.45) is 11.3 Å². The SMILES string of the molecule is CC(=O)OCC1=C(C)C(C(OC(C)=O)(C(=O)[O-])[C@@H](NC(=O)c2ccccc2)c2ccccc2)CCC1(C)C. The average molecular weight is 521 g/mol. The van der Waals surface area contributed by atoms with Gasteiger partial charge in [-0.25, -0.2) is 0 Å². The van der Waals surface area contributed by atoms with Crippen LogP contribution in [0.1, 0.15) is 69.4 Å². The Morgan fingerprint density at radius 2 is 1.58 bits per heavy atom. The van der Waals surface area contributed by atoms with Crippen LogP contribution in [0.15, 0.2) is 71.8 Å². The van der Waals surface area contributed by atoms with Crippen LogP contribution < -0.4 is 10.4 Å². The molecule has 0 bridgehead atoms. The van der Waals surface area contributed by atoms with E-state index in [1.165, 1.54) is 6.92 Å². The number of hydrogen-bond acceptors (Lipinski definition) is 7. The van der Waals surface area contributed by atoms with E-state index >= 15 is 0 Å². The van der Waals surface area contributed by atoms with Crippen molar-refractivity contribution in [1.29, 1.82) is 0 Å². The molecule has 0 fully saturated rings. The van der Waals surface area contributed by atoms with Crippen LogP contribution in [0.25, 0.3) is 0 Å². The third-order valence-corrected chi connectivity index (χ3v) is 7.32. The molecule has 1 aliphatic rings. The quantitative estimate of drug-likeness (QED) is 0.396. The van der Waals surface area contributed by atoms with Crippen LogP contribution in [0.5, 0.6) is 0 Å². The fourth-order valence-electron chi connectivity index (χ4n) is 5.39. The molecule has 8 heteroatoms. The van der Waals surface area contributed by atoms with Crippen molar-refractivity contribution in [1.82, 2.24) is 5.32 Å². The molecule has 0 heterocycles. The van der Waals surface area contributed by atoms with Gasteiger partial charge < -0.3 is 24.7 Å². The van der Waals surface area contributed by atoms with E-state index < -0.39 is 46.8 Å². The molecule has 1 N–H and O–H groups in total. The second-order valence-electron chi connectivity index (χ2n) is 10.3. The normalized spacial score (nSPS) is 19.0. The van der Waals surface area contributed by atoms with E-state index in [2.05, 4.69) is 5.32 Å². The van der Waals surface area contributed by atoms with Gasteiger partial charge in [-0.3, -0.25) is 14.4 Å². The minimum absolute atomic E-state index is 0.0275. The lowest BCUT2D eigenvalue weighted by Crippen LogP contribution is -2.64.